The maximum absolute atomic E-state index is 4.99. The minimum absolute atomic E-state index is 0.581. The Labute approximate surface area is 137 Å². The Balaban J connectivity index is 1.91. The van der Waals surface area contributed by atoms with Gasteiger partial charge in [-0.25, -0.2) is 4.98 Å². The average molecular weight is 313 g/mol. The molecule has 4 aromatic rings. The van der Waals surface area contributed by atoms with Crippen molar-refractivity contribution in [3.63, 3.8) is 0 Å². The number of hydrogen-bond donors (Lipinski definition) is 0. The molecule has 0 saturated carbocycles. The fraction of sp³-hybridized carbons (Fsp3) is 0. The van der Waals surface area contributed by atoms with Crippen molar-refractivity contribution >= 4 is 8.19 Å². The molecule has 1 heterocycles. The fourth-order valence-corrected chi connectivity index (χ4v) is 4.07. The number of rotatable bonds is 3. The van der Waals surface area contributed by atoms with Gasteiger partial charge in [0, 0.05) is 16.4 Å². The molecule has 4 rings (SSSR count). The molecule has 0 fully saturated rings. The van der Waals surface area contributed by atoms with E-state index < -0.39 is 0 Å². The van der Waals surface area contributed by atoms with Crippen molar-refractivity contribution in [2.75, 3.05) is 0 Å². The zero-order valence-electron chi connectivity index (χ0n) is 12.6. The third kappa shape index (κ3) is 2.84. The zero-order chi connectivity index (χ0) is 15.5. The van der Waals surface area contributed by atoms with Crippen LogP contribution in [0.25, 0.3) is 33.1 Å². The van der Waals surface area contributed by atoms with Crippen LogP contribution in [0.1, 0.15) is 0 Å². The van der Waals surface area contributed by atoms with Gasteiger partial charge in [-0.2, -0.15) is 0 Å². The largest absolute Gasteiger partial charge is 0.243 e. The fourth-order valence-electron chi connectivity index (χ4n) is 2.72. The molecular formula is C21H16NP. The standard InChI is InChI=1S/C21H16NP/c1-4-10-16(11-5-1)19-20(17-12-6-2-7-13-17)23-21(22-19)18-14-8-3-9-15-18/h1-15,23H. The second kappa shape index (κ2) is 6.24. The quantitative estimate of drug-likeness (QED) is 0.444. The molecule has 0 aliphatic rings. The molecule has 23 heavy (non-hydrogen) atoms. The number of aromatic nitrogens is 1. The van der Waals surface area contributed by atoms with Gasteiger partial charge in [0.1, 0.15) is 0 Å². The zero-order valence-corrected chi connectivity index (χ0v) is 13.6. The van der Waals surface area contributed by atoms with E-state index in [1.54, 1.807) is 0 Å². The molecule has 0 N–H and O–H groups in total. The Hall–Kier alpha value is -2.63. The Morgan fingerprint density at radius 3 is 1.57 bits per heavy atom. The van der Waals surface area contributed by atoms with Gasteiger partial charge in [0.15, 0.2) is 0 Å². The van der Waals surface area contributed by atoms with Crippen LogP contribution in [0.2, 0.25) is 0 Å². The van der Waals surface area contributed by atoms with Gasteiger partial charge in [-0.15, -0.1) is 8.19 Å². The molecule has 2 heteroatoms. The average Bonchev–Trinajstić information content (AvgIpc) is 3.09. The van der Waals surface area contributed by atoms with Crippen molar-refractivity contribution in [1.82, 2.24) is 4.98 Å². The van der Waals surface area contributed by atoms with Crippen molar-refractivity contribution in [3.05, 3.63) is 91.0 Å². The summed E-state index contributed by atoms with van der Waals surface area (Å²) < 4.78 is 0. The first-order valence-corrected chi connectivity index (χ1v) is 8.68. The monoisotopic (exact) mass is 313 g/mol. The van der Waals surface area contributed by atoms with Crippen LogP contribution in [-0.4, -0.2) is 4.98 Å². The maximum atomic E-state index is 4.99. The SMILES string of the molecule is c1ccc(-c2nc(-c3ccccc3)c(-c3ccccc3)[pH]2)cc1. The van der Waals surface area contributed by atoms with E-state index in [4.69, 9.17) is 4.98 Å². The van der Waals surface area contributed by atoms with Gasteiger partial charge in [0.05, 0.1) is 11.1 Å². The molecule has 0 saturated heterocycles. The molecule has 1 aromatic heterocycles. The summed E-state index contributed by atoms with van der Waals surface area (Å²) in [5.74, 6) is 0. The molecule has 0 amide bonds. The molecule has 110 valence electrons. The normalized spacial score (nSPS) is 11.0. The number of nitrogens with zero attached hydrogens (tertiary/aromatic N) is 1. The van der Waals surface area contributed by atoms with Crippen molar-refractivity contribution in [3.8, 4) is 33.1 Å². The van der Waals surface area contributed by atoms with Gasteiger partial charge in [0.2, 0.25) is 0 Å². The predicted octanol–water partition coefficient (Wildman–Crippen LogP) is 6.11. The van der Waals surface area contributed by atoms with Crippen LogP contribution in [-0.2, 0) is 0 Å². The minimum atomic E-state index is 0.581. The topological polar surface area (TPSA) is 12.9 Å². The lowest BCUT2D eigenvalue weighted by Gasteiger charge is -2.03. The van der Waals surface area contributed by atoms with Crippen molar-refractivity contribution in [2.24, 2.45) is 0 Å². The lowest BCUT2D eigenvalue weighted by molar-refractivity contribution is 1.40. The van der Waals surface area contributed by atoms with Crippen LogP contribution in [0.15, 0.2) is 91.0 Å². The van der Waals surface area contributed by atoms with Crippen LogP contribution in [0, 0.1) is 0 Å². The summed E-state index contributed by atoms with van der Waals surface area (Å²) in [7, 11) is 0.581. The highest BCUT2D eigenvalue weighted by Crippen LogP contribution is 2.43. The highest BCUT2D eigenvalue weighted by atomic mass is 31.0. The lowest BCUT2D eigenvalue weighted by Crippen LogP contribution is -1.82. The number of hydrogen-bond acceptors (Lipinski definition) is 1. The summed E-state index contributed by atoms with van der Waals surface area (Å²) >= 11 is 0. The first kappa shape index (κ1) is 14.0. The lowest BCUT2D eigenvalue weighted by atomic mass is 10.1. The minimum Gasteiger partial charge on any atom is -0.243 e. The van der Waals surface area contributed by atoms with Crippen LogP contribution < -0.4 is 0 Å². The van der Waals surface area contributed by atoms with E-state index in [2.05, 4.69) is 78.9 Å². The Bertz CT molecular complexity index is 840. The molecule has 0 spiro atoms. The summed E-state index contributed by atoms with van der Waals surface area (Å²) in [5, 5.41) is 1.33. The molecule has 3 aromatic carbocycles. The third-order valence-electron chi connectivity index (χ3n) is 3.86. The van der Waals surface area contributed by atoms with E-state index in [-0.39, 0.29) is 0 Å². The summed E-state index contributed by atoms with van der Waals surface area (Å²) in [6.07, 6.45) is 0. The molecule has 0 radical (unpaired) electrons. The molecule has 1 nitrogen and oxygen atoms in total. The summed E-state index contributed by atoms with van der Waals surface area (Å²) in [5.41, 5.74) is 5.94. The Morgan fingerprint density at radius 2 is 1.00 bits per heavy atom. The van der Waals surface area contributed by atoms with Gasteiger partial charge in [-0.3, -0.25) is 0 Å². The van der Waals surface area contributed by atoms with Gasteiger partial charge >= 0.3 is 0 Å². The Kier molecular flexibility index (Phi) is 3.80. The van der Waals surface area contributed by atoms with Crippen LogP contribution >= 0.6 is 8.19 Å². The molecule has 0 aliphatic heterocycles. The van der Waals surface area contributed by atoms with Gasteiger partial charge in [-0.1, -0.05) is 91.0 Å². The van der Waals surface area contributed by atoms with Gasteiger partial charge in [0.25, 0.3) is 0 Å². The third-order valence-corrected chi connectivity index (χ3v) is 5.27. The second-order valence-electron chi connectivity index (χ2n) is 5.41. The van der Waals surface area contributed by atoms with Crippen molar-refractivity contribution < 1.29 is 0 Å². The highest BCUT2D eigenvalue weighted by Gasteiger charge is 2.14. The molecule has 1 atom stereocenters. The highest BCUT2D eigenvalue weighted by molar-refractivity contribution is 7.38. The first-order chi connectivity index (χ1) is 11.4. The smallest absolute Gasteiger partial charge is 0.0872 e. The predicted molar refractivity (Wildman–Crippen MR) is 100 cm³/mol. The van der Waals surface area contributed by atoms with Crippen LogP contribution in [0.5, 0.6) is 0 Å². The van der Waals surface area contributed by atoms with E-state index in [0.717, 1.165) is 5.69 Å². The van der Waals surface area contributed by atoms with E-state index in [1.807, 2.05) is 12.1 Å². The summed E-state index contributed by atoms with van der Waals surface area (Å²) in [4.78, 5) is 4.99. The van der Waals surface area contributed by atoms with Gasteiger partial charge in [-0.05, 0) is 5.56 Å². The molecule has 1 unspecified atom stereocenters. The van der Waals surface area contributed by atoms with Crippen molar-refractivity contribution in [2.45, 2.75) is 0 Å². The Morgan fingerprint density at radius 1 is 0.522 bits per heavy atom. The van der Waals surface area contributed by atoms with Crippen molar-refractivity contribution in [1.29, 1.82) is 0 Å². The van der Waals surface area contributed by atoms with Crippen LogP contribution in [0.3, 0.4) is 0 Å². The van der Waals surface area contributed by atoms with E-state index in [9.17, 15) is 0 Å². The maximum Gasteiger partial charge on any atom is 0.0872 e. The van der Waals surface area contributed by atoms with E-state index in [0.29, 0.717) is 8.19 Å². The number of benzene rings is 3. The molecular weight excluding hydrogens is 297 g/mol. The van der Waals surface area contributed by atoms with E-state index >= 15 is 0 Å². The second-order valence-corrected chi connectivity index (χ2v) is 6.63. The summed E-state index contributed by atoms with van der Waals surface area (Å²) in [6.45, 7) is 0. The molecule has 0 aliphatic carbocycles. The first-order valence-electron chi connectivity index (χ1n) is 7.68. The van der Waals surface area contributed by atoms with E-state index in [1.165, 1.54) is 27.4 Å². The molecule has 0 bridgehead atoms. The summed E-state index contributed by atoms with van der Waals surface area (Å²) in [6, 6.07) is 31.5. The van der Waals surface area contributed by atoms with Gasteiger partial charge < -0.3 is 0 Å². The van der Waals surface area contributed by atoms with Crippen LogP contribution in [0.4, 0.5) is 0 Å².